The van der Waals surface area contributed by atoms with Crippen LogP contribution in [0, 0.1) is 0 Å². The Morgan fingerprint density at radius 1 is 0.412 bits per heavy atom. The van der Waals surface area contributed by atoms with Crippen LogP contribution in [0.4, 0.5) is 17.1 Å². The van der Waals surface area contributed by atoms with Crippen molar-refractivity contribution in [2.45, 2.75) is 0 Å². The van der Waals surface area contributed by atoms with Gasteiger partial charge in [-0.05, 0) is 92.5 Å². The fourth-order valence-corrected chi connectivity index (χ4v) is 9.25. The number of nitrogens with zero attached hydrogens (tertiary/aromatic N) is 1. The molecular formula is C48H29NOS. The van der Waals surface area contributed by atoms with Gasteiger partial charge in [0.15, 0.2) is 5.58 Å². The fourth-order valence-electron chi connectivity index (χ4n) is 7.98. The van der Waals surface area contributed by atoms with Gasteiger partial charge in [0, 0.05) is 47.9 Å². The van der Waals surface area contributed by atoms with Gasteiger partial charge in [0.25, 0.3) is 0 Å². The van der Waals surface area contributed by atoms with Gasteiger partial charge in [-0.25, -0.2) is 0 Å². The van der Waals surface area contributed by atoms with Crippen LogP contribution in [0.5, 0.6) is 0 Å². The largest absolute Gasteiger partial charge is 0.454 e. The van der Waals surface area contributed by atoms with Crippen molar-refractivity contribution < 1.29 is 4.42 Å². The van der Waals surface area contributed by atoms with Crippen LogP contribution in [0.15, 0.2) is 180 Å². The zero-order valence-corrected chi connectivity index (χ0v) is 28.3. The number of benzene rings is 9. The maximum absolute atomic E-state index is 6.86. The second-order valence-electron chi connectivity index (χ2n) is 13.3. The van der Waals surface area contributed by atoms with E-state index in [-0.39, 0.29) is 0 Å². The predicted octanol–water partition coefficient (Wildman–Crippen LogP) is 14.6. The maximum atomic E-state index is 6.86. The maximum Gasteiger partial charge on any atom is 0.159 e. The predicted molar refractivity (Wildman–Crippen MR) is 219 cm³/mol. The van der Waals surface area contributed by atoms with Gasteiger partial charge in [-0.15, -0.1) is 11.3 Å². The Morgan fingerprint density at radius 2 is 1.04 bits per heavy atom. The Balaban J connectivity index is 1.16. The summed E-state index contributed by atoms with van der Waals surface area (Å²) in [4.78, 5) is 2.34. The number of para-hydroxylation sites is 1. The van der Waals surface area contributed by atoms with Gasteiger partial charge >= 0.3 is 0 Å². The van der Waals surface area contributed by atoms with E-state index >= 15 is 0 Å². The summed E-state index contributed by atoms with van der Waals surface area (Å²) in [5, 5.41) is 12.2. The Labute approximate surface area is 298 Å². The molecule has 0 aliphatic heterocycles. The Hall–Kier alpha value is -6.42. The van der Waals surface area contributed by atoms with Crippen LogP contribution in [0.2, 0.25) is 0 Å². The Kier molecular flexibility index (Phi) is 6.16. The molecule has 11 aromatic rings. The van der Waals surface area contributed by atoms with E-state index in [0.29, 0.717) is 0 Å². The molecule has 0 unspecified atom stereocenters. The molecule has 2 nitrogen and oxygen atoms in total. The van der Waals surface area contributed by atoms with Gasteiger partial charge in [0.1, 0.15) is 5.58 Å². The minimum Gasteiger partial charge on any atom is -0.454 e. The van der Waals surface area contributed by atoms with E-state index in [4.69, 9.17) is 4.42 Å². The summed E-state index contributed by atoms with van der Waals surface area (Å²) in [6.45, 7) is 0. The van der Waals surface area contributed by atoms with Crippen molar-refractivity contribution in [3.05, 3.63) is 176 Å². The van der Waals surface area contributed by atoms with E-state index in [9.17, 15) is 0 Å². The number of thiophene rings is 1. The topological polar surface area (TPSA) is 16.4 Å². The lowest BCUT2D eigenvalue weighted by Gasteiger charge is -2.26. The lowest BCUT2D eigenvalue weighted by atomic mass is 9.94. The molecule has 0 saturated heterocycles. The molecule has 0 aliphatic rings. The quantitative estimate of drug-likeness (QED) is 0.186. The average molecular weight is 668 g/mol. The molecular weight excluding hydrogens is 639 g/mol. The third kappa shape index (κ3) is 4.42. The first-order chi connectivity index (χ1) is 25.3. The summed E-state index contributed by atoms with van der Waals surface area (Å²) in [6.07, 6.45) is 0. The summed E-state index contributed by atoms with van der Waals surface area (Å²) >= 11 is 1.88. The highest BCUT2D eigenvalue weighted by atomic mass is 32.1. The highest BCUT2D eigenvalue weighted by Crippen LogP contribution is 2.47. The van der Waals surface area contributed by atoms with Crippen molar-refractivity contribution in [2.75, 3.05) is 4.90 Å². The van der Waals surface area contributed by atoms with Gasteiger partial charge in [0.05, 0.1) is 5.69 Å². The third-order valence-corrected chi connectivity index (χ3v) is 11.6. The fraction of sp³-hybridized carbons (Fsp3) is 0. The number of hydrogen-bond donors (Lipinski definition) is 0. The summed E-state index contributed by atoms with van der Waals surface area (Å²) in [7, 11) is 0. The van der Waals surface area contributed by atoms with Crippen LogP contribution < -0.4 is 4.90 Å². The van der Waals surface area contributed by atoms with Gasteiger partial charge in [0.2, 0.25) is 0 Å². The molecule has 0 radical (unpaired) electrons. The molecule has 0 aliphatic carbocycles. The van der Waals surface area contributed by atoms with Gasteiger partial charge < -0.3 is 9.32 Å². The van der Waals surface area contributed by atoms with E-state index in [0.717, 1.165) is 39.0 Å². The lowest BCUT2D eigenvalue weighted by molar-refractivity contribution is 0.669. The summed E-state index contributed by atoms with van der Waals surface area (Å²) in [5.41, 5.74) is 7.41. The zero-order chi connectivity index (χ0) is 33.5. The molecule has 3 heteroatoms. The summed E-state index contributed by atoms with van der Waals surface area (Å²) in [5.74, 6) is 0. The minimum absolute atomic E-state index is 0.871. The highest BCUT2D eigenvalue weighted by molar-refractivity contribution is 7.26. The van der Waals surface area contributed by atoms with Gasteiger partial charge in [-0.2, -0.15) is 0 Å². The van der Waals surface area contributed by atoms with E-state index in [1.807, 2.05) is 11.3 Å². The van der Waals surface area contributed by atoms with Crippen molar-refractivity contribution in [1.29, 1.82) is 0 Å². The Morgan fingerprint density at radius 3 is 1.78 bits per heavy atom. The standard InChI is InChI=1S/C48H29NOS/c1-3-12-32-26-36(23-20-30(32)10-1)49(37-24-21-31-11-2-4-13-33(31)27-37)43-18-9-17-40-41-29-35(22-25-44(41)50-47(40)43)46-38-15-6-5-14-34(38)28-42-39-16-7-8-19-45(39)51-48(42)46/h1-29H. The molecule has 0 bridgehead atoms. The smallest absolute Gasteiger partial charge is 0.159 e. The minimum atomic E-state index is 0.871. The van der Waals surface area contributed by atoms with Crippen LogP contribution >= 0.6 is 11.3 Å². The summed E-state index contributed by atoms with van der Waals surface area (Å²) < 4.78 is 9.49. The van der Waals surface area contributed by atoms with Crippen LogP contribution in [0.1, 0.15) is 0 Å². The molecule has 11 rings (SSSR count). The molecule has 2 heterocycles. The SMILES string of the molecule is c1ccc2cc(N(c3ccc4ccccc4c3)c3cccc4c3oc3ccc(-c5c6ccccc6cc6c5sc5ccccc56)cc34)ccc2c1. The van der Waals surface area contributed by atoms with Crippen molar-refractivity contribution in [3.8, 4) is 11.1 Å². The Bertz CT molecular complexity index is 3090. The van der Waals surface area contributed by atoms with E-state index in [1.165, 1.54) is 63.6 Å². The normalized spacial score (nSPS) is 11.9. The first-order valence-electron chi connectivity index (χ1n) is 17.3. The van der Waals surface area contributed by atoms with Crippen molar-refractivity contribution in [3.63, 3.8) is 0 Å². The lowest BCUT2D eigenvalue weighted by Crippen LogP contribution is -2.10. The molecule has 2 aromatic heterocycles. The molecule has 0 amide bonds. The molecule has 0 N–H and O–H groups in total. The molecule has 0 saturated carbocycles. The van der Waals surface area contributed by atoms with E-state index in [2.05, 4.69) is 181 Å². The van der Waals surface area contributed by atoms with Crippen molar-refractivity contribution in [2.24, 2.45) is 0 Å². The zero-order valence-electron chi connectivity index (χ0n) is 27.5. The number of anilines is 3. The van der Waals surface area contributed by atoms with E-state index < -0.39 is 0 Å². The van der Waals surface area contributed by atoms with E-state index in [1.54, 1.807) is 0 Å². The van der Waals surface area contributed by atoms with Crippen molar-refractivity contribution >= 4 is 103 Å². The van der Waals surface area contributed by atoms with Crippen LogP contribution in [-0.4, -0.2) is 0 Å². The first kappa shape index (κ1) is 28.4. The van der Waals surface area contributed by atoms with Crippen molar-refractivity contribution in [1.82, 2.24) is 0 Å². The van der Waals surface area contributed by atoms with Crippen LogP contribution in [0.3, 0.4) is 0 Å². The number of rotatable bonds is 4. The van der Waals surface area contributed by atoms with Gasteiger partial charge in [-0.3, -0.25) is 0 Å². The second kappa shape index (κ2) is 11.0. The van der Waals surface area contributed by atoms with Gasteiger partial charge in [-0.1, -0.05) is 121 Å². The van der Waals surface area contributed by atoms with Crippen LogP contribution in [0.25, 0.3) is 85.6 Å². The second-order valence-corrected chi connectivity index (χ2v) is 14.4. The average Bonchev–Trinajstić information content (AvgIpc) is 3.75. The molecule has 9 aromatic carbocycles. The molecule has 51 heavy (non-hydrogen) atoms. The third-order valence-electron chi connectivity index (χ3n) is 10.4. The van der Waals surface area contributed by atoms with Crippen LogP contribution in [-0.2, 0) is 0 Å². The molecule has 0 atom stereocenters. The molecule has 0 fully saturated rings. The summed E-state index contributed by atoms with van der Waals surface area (Å²) in [6, 6.07) is 63.7. The number of furan rings is 1. The molecule has 0 spiro atoms. The monoisotopic (exact) mass is 667 g/mol. The first-order valence-corrected chi connectivity index (χ1v) is 18.1. The highest BCUT2D eigenvalue weighted by Gasteiger charge is 2.21. The molecule has 238 valence electrons. The number of hydrogen-bond acceptors (Lipinski definition) is 3. The number of fused-ring (bicyclic) bond motifs is 9.